The van der Waals surface area contributed by atoms with E-state index in [1.54, 1.807) is 0 Å². The van der Waals surface area contributed by atoms with E-state index in [-0.39, 0.29) is 0 Å². The van der Waals surface area contributed by atoms with Crippen molar-refractivity contribution in [3.8, 4) is 39.9 Å². The van der Waals surface area contributed by atoms with Gasteiger partial charge in [0.1, 0.15) is 0 Å². The third-order valence-corrected chi connectivity index (χ3v) is 11.4. The Morgan fingerprint density at radius 3 is 1.60 bits per heavy atom. The van der Waals surface area contributed by atoms with Crippen LogP contribution < -0.4 is 0 Å². The van der Waals surface area contributed by atoms with E-state index >= 15 is 0 Å². The number of rotatable bonds is 4. The number of hydrogen-bond donors (Lipinski definition) is 0. The highest BCUT2D eigenvalue weighted by Gasteiger charge is 2.23. The highest BCUT2D eigenvalue weighted by molar-refractivity contribution is 7.27. The number of thiophene rings is 1. The van der Waals surface area contributed by atoms with E-state index in [0.29, 0.717) is 17.5 Å². The molecule has 11 rings (SSSR count). The minimum atomic E-state index is 0.643. The second-order valence-corrected chi connectivity index (χ2v) is 14.2. The molecule has 8 aromatic carbocycles. The molecule has 0 N–H and O–H groups in total. The van der Waals surface area contributed by atoms with E-state index in [1.165, 1.54) is 63.5 Å². The average molecular weight is 681 g/mol. The summed E-state index contributed by atoms with van der Waals surface area (Å²) in [6, 6.07) is 60.0. The molecule has 0 amide bonds. The normalized spacial score (nSPS) is 11.8. The number of hydrogen-bond acceptors (Lipinski definition) is 4. The second-order valence-electron chi connectivity index (χ2n) is 13.2. The molecule has 0 fully saturated rings. The molecule has 0 atom stereocenters. The first kappa shape index (κ1) is 29.1. The van der Waals surface area contributed by atoms with Gasteiger partial charge in [-0.15, -0.1) is 11.3 Å². The van der Waals surface area contributed by atoms with Crippen LogP contribution in [0.1, 0.15) is 0 Å². The molecule has 0 spiro atoms. The summed E-state index contributed by atoms with van der Waals surface area (Å²) in [4.78, 5) is 14.9. The van der Waals surface area contributed by atoms with Gasteiger partial charge in [-0.25, -0.2) is 15.0 Å². The maximum absolute atomic E-state index is 4.99. The topological polar surface area (TPSA) is 43.6 Å². The Bertz CT molecular complexity index is 3100. The Kier molecular flexibility index (Phi) is 6.39. The van der Waals surface area contributed by atoms with Crippen LogP contribution in [0.2, 0.25) is 0 Å². The SMILES string of the molecule is c1ccc(-c2nc(-c3ccccc3)nc(-c3ccc(-n4c5ccc6ccccc6c5c5c6sc7ccccc7c6c6ccccc6c54)cc3)n2)cc1. The van der Waals surface area contributed by atoms with Crippen molar-refractivity contribution < 1.29 is 0 Å². The molecule has 242 valence electrons. The minimum absolute atomic E-state index is 0.643. The average Bonchev–Trinajstić information content (AvgIpc) is 3.79. The van der Waals surface area contributed by atoms with E-state index < -0.39 is 0 Å². The van der Waals surface area contributed by atoms with E-state index in [1.807, 2.05) is 72.0 Å². The predicted molar refractivity (Wildman–Crippen MR) is 218 cm³/mol. The lowest BCUT2D eigenvalue weighted by Crippen LogP contribution is -2.00. The van der Waals surface area contributed by atoms with E-state index in [0.717, 1.165) is 22.4 Å². The van der Waals surface area contributed by atoms with Gasteiger partial charge in [0.15, 0.2) is 17.5 Å². The Morgan fingerprint density at radius 1 is 0.385 bits per heavy atom. The van der Waals surface area contributed by atoms with Crippen LogP contribution >= 0.6 is 11.3 Å². The zero-order chi connectivity index (χ0) is 34.2. The number of aromatic nitrogens is 4. The zero-order valence-electron chi connectivity index (χ0n) is 27.9. The molecule has 0 aliphatic carbocycles. The number of fused-ring (bicyclic) bond motifs is 12. The molecule has 0 unspecified atom stereocenters. The van der Waals surface area contributed by atoms with Crippen molar-refractivity contribution >= 4 is 74.9 Å². The number of nitrogens with zero attached hydrogens (tertiary/aromatic N) is 4. The van der Waals surface area contributed by atoms with Gasteiger partial charge in [-0.2, -0.15) is 0 Å². The molecule has 0 bridgehead atoms. The van der Waals surface area contributed by atoms with Gasteiger partial charge in [-0.3, -0.25) is 0 Å². The van der Waals surface area contributed by atoms with Gasteiger partial charge in [-0.05, 0) is 52.6 Å². The van der Waals surface area contributed by atoms with E-state index in [2.05, 4.69) is 114 Å². The quantitative estimate of drug-likeness (QED) is 0.186. The Labute approximate surface area is 302 Å². The van der Waals surface area contributed by atoms with Gasteiger partial charge in [0, 0.05) is 58.7 Å². The van der Waals surface area contributed by atoms with Crippen LogP contribution in [0.4, 0.5) is 0 Å². The first-order chi connectivity index (χ1) is 25.8. The predicted octanol–water partition coefficient (Wildman–Crippen LogP) is 12.6. The van der Waals surface area contributed by atoms with E-state index in [4.69, 9.17) is 15.0 Å². The van der Waals surface area contributed by atoms with Gasteiger partial charge in [0.25, 0.3) is 0 Å². The van der Waals surface area contributed by atoms with Gasteiger partial charge < -0.3 is 4.57 Å². The molecule has 3 aromatic heterocycles. The van der Waals surface area contributed by atoms with Crippen molar-refractivity contribution in [1.82, 2.24) is 19.5 Å². The van der Waals surface area contributed by atoms with Gasteiger partial charge >= 0.3 is 0 Å². The highest BCUT2D eigenvalue weighted by atomic mass is 32.1. The fraction of sp³-hybridized carbons (Fsp3) is 0. The maximum atomic E-state index is 4.99. The standard InChI is InChI=1S/C47H28N4S/c1-3-14-30(15-4-1)45-48-46(31-16-5-2-6-17-31)50-47(49-45)32-23-26-33(27-24-32)51-38-28-25-29-13-7-8-18-34(29)41(38)42-43(51)36-20-10-9-19-35(36)40-37-21-11-12-22-39(37)52-44(40)42/h1-28H. The molecule has 0 aliphatic heterocycles. The van der Waals surface area contributed by atoms with Crippen molar-refractivity contribution in [3.05, 3.63) is 170 Å². The van der Waals surface area contributed by atoms with Crippen molar-refractivity contribution in [2.24, 2.45) is 0 Å². The summed E-state index contributed by atoms with van der Waals surface area (Å²) in [7, 11) is 0. The monoisotopic (exact) mass is 680 g/mol. The van der Waals surface area contributed by atoms with Crippen LogP contribution in [0.25, 0.3) is 103 Å². The molecule has 3 heterocycles. The summed E-state index contributed by atoms with van der Waals surface area (Å²) >= 11 is 1.90. The van der Waals surface area contributed by atoms with Crippen LogP contribution in [0.5, 0.6) is 0 Å². The van der Waals surface area contributed by atoms with Crippen LogP contribution in [-0.4, -0.2) is 19.5 Å². The Morgan fingerprint density at radius 2 is 0.923 bits per heavy atom. The summed E-state index contributed by atoms with van der Waals surface area (Å²) in [5.41, 5.74) is 6.35. The summed E-state index contributed by atoms with van der Waals surface area (Å²) in [5, 5.41) is 10.3. The molecular formula is C47H28N4S. The highest BCUT2D eigenvalue weighted by Crippen LogP contribution is 2.49. The van der Waals surface area contributed by atoms with Gasteiger partial charge in [-0.1, -0.05) is 133 Å². The molecule has 5 heteroatoms. The fourth-order valence-corrected chi connectivity index (χ4v) is 9.17. The minimum Gasteiger partial charge on any atom is -0.309 e. The van der Waals surface area contributed by atoms with Crippen LogP contribution in [0.15, 0.2) is 170 Å². The smallest absolute Gasteiger partial charge is 0.164 e. The maximum Gasteiger partial charge on any atom is 0.164 e. The second kappa shape index (κ2) is 11.4. The molecule has 0 aliphatic rings. The molecule has 0 saturated carbocycles. The summed E-state index contributed by atoms with van der Waals surface area (Å²) in [6.45, 7) is 0. The summed E-state index contributed by atoms with van der Waals surface area (Å²) in [6.07, 6.45) is 0. The largest absolute Gasteiger partial charge is 0.309 e. The lowest BCUT2D eigenvalue weighted by Gasteiger charge is -2.12. The third-order valence-electron chi connectivity index (χ3n) is 10.2. The van der Waals surface area contributed by atoms with E-state index in [9.17, 15) is 0 Å². The fourth-order valence-electron chi connectivity index (χ4n) is 7.90. The van der Waals surface area contributed by atoms with Crippen molar-refractivity contribution in [2.45, 2.75) is 0 Å². The molecule has 11 aromatic rings. The Hall–Kier alpha value is -6.69. The number of benzene rings is 8. The molecular weight excluding hydrogens is 653 g/mol. The first-order valence-corrected chi connectivity index (χ1v) is 18.3. The van der Waals surface area contributed by atoms with Crippen molar-refractivity contribution in [2.75, 3.05) is 0 Å². The van der Waals surface area contributed by atoms with Crippen molar-refractivity contribution in [1.29, 1.82) is 0 Å². The molecule has 0 saturated heterocycles. The molecule has 4 nitrogen and oxygen atoms in total. The van der Waals surface area contributed by atoms with Gasteiger partial charge in [0.2, 0.25) is 0 Å². The molecule has 52 heavy (non-hydrogen) atoms. The van der Waals surface area contributed by atoms with Crippen LogP contribution in [-0.2, 0) is 0 Å². The Balaban J connectivity index is 1.19. The lowest BCUT2D eigenvalue weighted by atomic mass is 9.98. The summed E-state index contributed by atoms with van der Waals surface area (Å²) in [5.74, 6) is 1.95. The lowest BCUT2D eigenvalue weighted by molar-refractivity contribution is 1.07. The van der Waals surface area contributed by atoms with Crippen LogP contribution in [0, 0.1) is 0 Å². The third kappa shape index (κ3) is 4.36. The zero-order valence-corrected chi connectivity index (χ0v) is 28.7. The molecule has 0 radical (unpaired) electrons. The van der Waals surface area contributed by atoms with Crippen molar-refractivity contribution in [3.63, 3.8) is 0 Å². The van der Waals surface area contributed by atoms with Gasteiger partial charge in [0.05, 0.1) is 11.0 Å². The van der Waals surface area contributed by atoms with Crippen LogP contribution in [0.3, 0.4) is 0 Å². The first-order valence-electron chi connectivity index (χ1n) is 17.5. The summed E-state index contributed by atoms with van der Waals surface area (Å²) < 4.78 is 5.10.